The summed E-state index contributed by atoms with van der Waals surface area (Å²) in [6.45, 7) is 4.59. The minimum atomic E-state index is -0.331. The molecule has 2 aliphatic rings. The van der Waals surface area contributed by atoms with Crippen LogP contribution < -0.4 is 0 Å². The average molecular weight is 489 g/mol. The molecule has 7 rings (SSSR count). The fraction of sp³-hybridized carbons (Fsp3) is 0.158. The molecule has 0 bridgehead atoms. The number of allylic oxidation sites excluding steroid dienone is 1. The zero-order valence-corrected chi connectivity index (χ0v) is 22.0. The van der Waals surface area contributed by atoms with Gasteiger partial charge in [0.15, 0.2) is 0 Å². The Bertz CT molecular complexity index is 1550. The van der Waals surface area contributed by atoms with Crippen molar-refractivity contribution in [3.8, 4) is 11.1 Å². The molecule has 5 aromatic carbocycles. The maximum absolute atomic E-state index is 2.48. The van der Waals surface area contributed by atoms with Gasteiger partial charge in [0.05, 0.1) is 0 Å². The molecule has 0 N–H and O–H groups in total. The van der Waals surface area contributed by atoms with Crippen LogP contribution in [0.15, 0.2) is 133 Å². The Kier molecular flexibility index (Phi) is 5.44. The van der Waals surface area contributed by atoms with E-state index in [1.54, 1.807) is 0 Å². The molecule has 2 aliphatic carbocycles. The number of rotatable bonds is 5. The van der Waals surface area contributed by atoms with Crippen LogP contribution in [0.1, 0.15) is 70.5 Å². The highest BCUT2D eigenvalue weighted by Crippen LogP contribution is 2.62. The predicted molar refractivity (Wildman–Crippen MR) is 160 cm³/mol. The van der Waals surface area contributed by atoms with Crippen LogP contribution in [0, 0.1) is 0 Å². The van der Waals surface area contributed by atoms with Crippen molar-refractivity contribution in [2.75, 3.05) is 0 Å². The van der Waals surface area contributed by atoms with Crippen molar-refractivity contribution in [3.63, 3.8) is 0 Å². The fourth-order valence-electron chi connectivity index (χ4n) is 7.19. The maximum atomic E-state index is 2.48. The second-order valence-corrected chi connectivity index (χ2v) is 11.1. The molecule has 1 unspecified atom stereocenters. The molecule has 0 saturated carbocycles. The Balaban J connectivity index is 1.61. The second-order valence-electron chi connectivity index (χ2n) is 11.1. The van der Waals surface area contributed by atoms with Crippen LogP contribution in [0.25, 0.3) is 17.2 Å². The highest BCUT2D eigenvalue weighted by atomic mass is 14.5. The molecule has 0 heteroatoms. The molecule has 184 valence electrons. The Labute approximate surface area is 226 Å². The lowest BCUT2D eigenvalue weighted by atomic mass is 9.55. The smallest absolute Gasteiger partial charge is 0.0415 e. The van der Waals surface area contributed by atoms with Crippen LogP contribution in [0.5, 0.6) is 0 Å². The lowest BCUT2D eigenvalue weighted by molar-refractivity contribution is 0.416. The van der Waals surface area contributed by atoms with E-state index in [-0.39, 0.29) is 17.3 Å². The van der Waals surface area contributed by atoms with Gasteiger partial charge in [0.25, 0.3) is 0 Å². The zero-order valence-electron chi connectivity index (χ0n) is 22.0. The summed E-state index contributed by atoms with van der Waals surface area (Å²) in [5, 5.41) is 0. The lowest BCUT2D eigenvalue weighted by Gasteiger charge is -2.46. The van der Waals surface area contributed by atoms with E-state index in [0.717, 1.165) is 0 Å². The van der Waals surface area contributed by atoms with Gasteiger partial charge in [-0.2, -0.15) is 0 Å². The summed E-state index contributed by atoms with van der Waals surface area (Å²) in [7, 11) is 0. The van der Waals surface area contributed by atoms with Gasteiger partial charge in [-0.1, -0.05) is 153 Å². The molecule has 0 heterocycles. The number of benzene rings is 5. The van der Waals surface area contributed by atoms with Gasteiger partial charge in [0, 0.05) is 17.3 Å². The first-order valence-corrected chi connectivity index (χ1v) is 13.8. The van der Waals surface area contributed by atoms with Crippen LogP contribution in [0.3, 0.4) is 0 Å². The van der Waals surface area contributed by atoms with Gasteiger partial charge < -0.3 is 0 Å². The Hall–Kier alpha value is -4.16. The van der Waals surface area contributed by atoms with Crippen molar-refractivity contribution in [2.45, 2.75) is 37.0 Å². The summed E-state index contributed by atoms with van der Waals surface area (Å²) in [4.78, 5) is 0. The first-order chi connectivity index (χ1) is 18.7. The van der Waals surface area contributed by atoms with E-state index in [1.165, 1.54) is 50.1 Å². The van der Waals surface area contributed by atoms with Gasteiger partial charge in [-0.3, -0.25) is 0 Å². The van der Waals surface area contributed by atoms with Gasteiger partial charge in [-0.15, -0.1) is 0 Å². The molecular weight excluding hydrogens is 456 g/mol. The van der Waals surface area contributed by atoms with E-state index in [0.29, 0.717) is 5.92 Å². The van der Waals surface area contributed by atoms with E-state index in [2.05, 4.69) is 153 Å². The maximum Gasteiger partial charge on any atom is 0.0415 e. The summed E-state index contributed by atoms with van der Waals surface area (Å²) in [6.07, 6.45) is 4.84. The number of fused-ring (bicyclic) bond motifs is 4. The first kappa shape index (κ1) is 23.0. The van der Waals surface area contributed by atoms with Crippen molar-refractivity contribution in [2.24, 2.45) is 0 Å². The van der Waals surface area contributed by atoms with Crippen LogP contribution >= 0.6 is 0 Å². The van der Waals surface area contributed by atoms with Crippen molar-refractivity contribution in [3.05, 3.63) is 172 Å². The van der Waals surface area contributed by atoms with Gasteiger partial charge >= 0.3 is 0 Å². The van der Waals surface area contributed by atoms with E-state index in [9.17, 15) is 0 Å². The molecule has 0 saturated heterocycles. The number of hydrogen-bond acceptors (Lipinski definition) is 0. The molecule has 0 fully saturated rings. The van der Waals surface area contributed by atoms with Gasteiger partial charge in [0.2, 0.25) is 0 Å². The topological polar surface area (TPSA) is 0 Å². The Morgan fingerprint density at radius 2 is 1.08 bits per heavy atom. The highest BCUT2D eigenvalue weighted by Gasteiger charge is 2.53. The largest absolute Gasteiger partial charge is 0.0751 e. The van der Waals surface area contributed by atoms with Crippen LogP contribution in [-0.4, -0.2) is 0 Å². The third kappa shape index (κ3) is 3.30. The first-order valence-electron chi connectivity index (χ1n) is 13.8. The quantitative estimate of drug-likeness (QED) is 0.231. The predicted octanol–water partition coefficient (Wildman–Crippen LogP) is 9.72. The van der Waals surface area contributed by atoms with Gasteiger partial charge in [0.1, 0.15) is 0 Å². The van der Waals surface area contributed by atoms with E-state index >= 15 is 0 Å². The molecule has 0 nitrogen and oxygen atoms in total. The van der Waals surface area contributed by atoms with Crippen LogP contribution in [0.2, 0.25) is 0 Å². The minimum Gasteiger partial charge on any atom is -0.0751 e. The van der Waals surface area contributed by atoms with Crippen molar-refractivity contribution < 1.29 is 0 Å². The molecule has 0 amide bonds. The fourth-order valence-corrected chi connectivity index (χ4v) is 7.19. The molecule has 0 spiro atoms. The number of hydrogen-bond donors (Lipinski definition) is 0. The van der Waals surface area contributed by atoms with Crippen molar-refractivity contribution in [1.82, 2.24) is 0 Å². The molecule has 38 heavy (non-hydrogen) atoms. The summed E-state index contributed by atoms with van der Waals surface area (Å²) in [5.41, 5.74) is 12.1. The van der Waals surface area contributed by atoms with Crippen LogP contribution in [-0.2, 0) is 5.41 Å². The summed E-state index contributed by atoms with van der Waals surface area (Å²) < 4.78 is 0. The third-order valence-corrected chi connectivity index (χ3v) is 8.86. The average Bonchev–Trinajstić information content (AvgIpc) is 3.55. The van der Waals surface area contributed by atoms with Crippen molar-refractivity contribution in [1.29, 1.82) is 0 Å². The Morgan fingerprint density at radius 3 is 1.63 bits per heavy atom. The molecule has 0 radical (unpaired) electrons. The summed E-state index contributed by atoms with van der Waals surface area (Å²) in [5.74, 6) is 0.838. The van der Waals surface area contributed by atoms with Crippen LogP contribution in [0.4, 0.5) is 0 Å². The normalized spacial score (nSPS) is 15.9. The van der Waals surface area contributed by atoms with Gasteiger partial charge in [-0.05, 0) is 56.0 Å². The van der Waals surface area contributed by atoms with E-state index < -0.39 is 0 Å². The summed E-state index contributed by atoms with van der Waals surface area (Å²) in [6, 6.07) is 47.8. The van der Waals surface area contributed by atoms with Crippen molar-refractivity contribution >= 4 is 6.08 Å². The SMILES string of the molecule is CC(C)c1ccc2c(c1)C(C(c1ccccc1)(c1ccccc1)C1c3ccccc3-c3ccccc31)C=C2. The molecule has 0 aliphatic heterocycles. The highest BCUT2D eigenvalue weighted by molar-refractivity contribution is 5.81. The minimum absolute atomic E-state index is 0.169. The Morgan fingerprint density at radius 1 is 0.553 bits per heavy atom. The lowest BCUT2D eigenvalue weighted by Crippen LogP contribution is -2.40. The molecule has 1 atom stereocenters. The molecule has 5 aromatic rings. The molecule has 0 aromatic heterocycles. The summed E-state index contributed by atoms with van der Waals surface area (Å²) >= 11 is 0. The van der Waals surface area contributed by atoms with E-state index in [4.69, 9.17) is 0 Å². The standard InChI is InChI=1S/C38H32/c1-26(2)28-22-21-27-23-24-36(35(27)25-28)38(29-13-5-3-6-14-29,30-15-7-4-8-16-30)37-33-19-11-9-17-31(33)32-18-10-12-20-34(32)37/h3-26,36-37H,1-2H3. The monoisotopic (exact) mass is 488 g/mol. The third-order valence-electron chi connectivity index (χ3n) is 8.86. The van der Waals surface area contributed by atoms with E-state index in [1.807, 2.05) is 0 Å². The molecular formula is C38H32. The van der Waals surface area contributed by atoms with Gasteiger partial charge in [-0.25, -0.2) is 0 Å². The zero-order chi connectivity index (χ0) is 25.7. The second kappa shape index (κ2) is 8.99.